The molecule has 83 valence electrons. The second-order valence-corrected chi connectivity index (χ2v) is 3.81. The molecule has 17 heavy (non-hydrogen) atoms. The summed E-state index contributed by atoms with van der Waals surface area (Å²) in [7, 11) is 2.02. The van der Waals surface area contributed by atoms with Gasteiger partial charge in [-0.2, -0.15) is 0 Å². The van der Waals surface area contributed by atoms with E-state index in [0.717, 1.165) is 11.3 Å². The molecule has 2 heteroatoms. The van der Waals surface area contributed by atoms with Crippen molar-refractivity contribution in [3.63, 3.8) is 0 Å². The number of aryl methyl sites for hydroxylation is 2. The van der Waals surface area contributed by atoms with E-state index in [-0.39, 0.29) is 32.7 Å². The zero-order chi connectivity index (χ0) is 11.5. The minimum absolute atomic E-state index is 0. The zero-order valence-corrected chi connectivity index (χ0v) is 13.0. The average molecular weight is 297 g/mol. The Hall–Kier alpha value is -0.786. The molecule has 0 aliphatic rings. The van der Waals surface area contributed by atoms with Crippen molar-refractivity contribution in [2.45, 2.75) is 6.92 Å². The maximum atomic E-state index is 5.64. The van der Waals surface area contributed by atoms with Crippen LogP contribution in [0.3, 0.4) is 0 Å². The number of benzene rings is 1. The monoisotopic (exact) mass is 297 g/mol. The number of hydrogen-bond acceptors (Lipinski definition) is 0. The SMILES string of the molecule is [CH-]=Cc1[c-]cc[n+](C)c1-c1ccccc1C.[Y]. The van der Waals surface area contributed by atoms with Crippen LogP contribution >= 0.6 is 0 Å². The van der Waals surface area contributed by atoms with Crippen molar-refractivity contribution < 1.29 is 37.3 Å². The van der Waals surface area contributed by atoms with Crippen molar-refractivity contribution in [3.05, 3.63) is 60.3 Å². The maximum absolute atomic E-state index is 5.64. The average Bonchev–Trinajstić information content (AvgIpc) is 2.30. The number of hydrogen-bond donors (Lipinski definition) is 0. The van der Waals surface area contributed by atoms with Gasteiger partial charge >= 0.3 is 0 Å². The van der Waals surface area contributed by atoms with Gasteiger partial charge in [0.15, 0.2) is 0 Å². The molecule has 1 aromatic heterocycles. The van der Waals surface area contributed by atoms with Gasteiger partial charge in [0.1, 0.15) is 7.05 Å². The first kappa shape index (κ1) is 14.3. The van der Waals surface area contributed by atoms with Crippen LogP contribution in [0, 0.1) is 19.6 Å². The van der Waals surface area contributed by atoms with Crippen LogP contribution in [-0.4, -0.2) is 0 Å². The number of aromatic nitrogens is 1. The Kier molecular flexibility index (Phi) is 5.23. The number of rotatable bonds is 2. The van der Waals surface area contributed by atoms with E-state index in [2.05, 4.69) is 29.7 Å². The van der Waals surface area contributed by atoms with Crippen LogP contribution in [0.25, 0.3) is 17.3 Å². The standard InChI is InChI=1S/C15H14N.Y/c1-4-13-9-7-11-16(3)15(13)14-10-6-5-8-12(14)2;/h1,4-8,10-11H,2-3H3;/q-1;. The van der Waals surface area contributed by atoms with Gasteiger partial charge < -0.3 is 12.7 Å². The fourth-order valence-corrected chi connectivity index (χ4v) is 1.87. The summed E-state index contributed by atoms with van der Waals surface area (Å²) in [5, 5.41) is 0. The second kappa shape index (κ2) is 6.23. The molecule has 0 unspecified atom stereocenters. The van der Waals surface area contributed by atoms with Crippen molar-refractivity contribution >= 4 is 6.08 Å². The molecule has 0 saturated heterocycles. The summed E-state index contributed by atoms with van der Waals surface area (Å²) in [6.45, 7) is 7.74. The van der Waals surface area contributed by atoms with Crippen LogP contribution in [0.4, 0.5) is 0 Å². The van der Waals surface area contributed by atoms with Gasteiger partial charge in [-0.25, -0.2) is 11.6 Å². The first-order valence-electron chi connectivity index (χ1n) is 5.25. The fourth-order valence-electron chi connectivity index (χ4n) is 1.87. The van der Waals surface area contributed by atoms with Gasteiger partial charge in [-0.3, -0.25) is 4.57 Å². The van der Waals surface area contributed by atoms with E-state index in [1.54, 1.807) is 6.08 Å². The van der Waals surface area contributed by atoms with Crippen LogP contribution in [0.1, 0.15) is 11.1 Å². The van der Waals surface area contributed by atoms with E-state index in [9.17, 15) is 0 Å². The summed E-state index contributed by atoms with van der Waals surface area (Å²) in [6.07, 6.45) is 3.58. The van der Waals surface area contributed by atoms with Gasteiger partial charge in [0.05, 0.1) is 11.9 Å². The Morgan fingerprint density at radius 3 is 2.65 bits per heavy atom. The number of pyridine rings is 1. The van der Waals surface area contributed by atoms with E-state index in [4.69, 9.17) is 6.58 Å². The molecule has 0 aliphatic carbocycles. The first-order valence-corrected chi connectivity index (χ1v) is 5.25. The molecule has 0 aliphatic heterocycles. The minimum Gasteiger partial charge on any atom is -0.344 e. The molecule has 2 rings (SSSR count). The molecule has 0 fully saturated rings. The third-order valence-corrected chi connectivity index (χ3v) is 2.71. The molecule has 0 atom stereocenters. The van der Waals surface area contributed by atoms with Gasteiger partial charge in [0, 0.05) is 32.7 Å². The van der Waals surface area contributed by atoms with Crippen molar-refractivity contribution in [3.8, 4) is 11.3 Å². The molecule has 1 nitrogen and oxygen atoms in total. The molecule has 1 aromatic carbocycles. The summed E-state index contributed by atoms with van der Waals surface area (Å²) in [6, 6.07) is 13.3. The Bertz CT molecular complexity index is 532. The predicted octanol–water partition coefficient (Wildman–Crippen LogP) is 2.73. The van der Waals surface area contributed by atoms with E-state index in [1.165, 1.54) is 11.1 Å². The van der Waals surface area contributed by atoms with E-state index < -0.39 is 0 Å². The molecule has 0 N–H and O–H groups in total. The minimum atomic E-state index is 0. The van der Waals surface area contributed by atoms with Gasteiger partial charge in [-0.05, 0) is 18.1 Å². The van der Waals surface area contributed by atoms with Gasteiger partial charge in [-0.15, -0.1) is 6.07 Å². The van der Waals surface area contributed by atoms with Crippen LogP contribution < -0.4 is 4.57 Å². The van der Waals surface area contributed by atoms with E-state index >= 15 is 0 Å². The third kappa shape index (κ3) is 2.91. The predicted molar refractivity (Wildman–Crippen MR) is 65.4 cm³/mol. The topological polar surface area (TPSA) is 3.88 Å². The van der Waals surface area contributed by atoms with Crippen molar-refractivity contribution in [2.75, 3.05) is 0 Å². The smallest absolute Gasteiger partial charge is 0.119 e. The normalized spacial score (nSPS) is 9.53. The zero-order valence-electron chi connectivity index (χ0n) is 10.1. The Balaban J connectivity index is 0.00000144. The van der Waals surface area contributed by atoms with Crippen LogP contribution in [-0.2, 0) is 39.8 Å². The molecule has 1 heterocycles. The van der Waals surface area contributed by atoms with Crippen molar-refractivity contribution in [1.29, 1.82) is 0 Å². The van der Waals surface area contributed by atoms with Gasteiger partial charge in [-0.1, -0.05) is 24.3 Å². The molecule has 0 bridgehead atoms. The molecule has 2 aromatic rings. The Morgan fingerprint density at radius 1 is 1.29 bits per heavy atom. The molecular weight excluding hydrogens is 283 g/mol. The van der Waals surface area contributed by atoms with Gasteiger partial charge in [0.2, 0.25) is 0 Å². The summed E-state index contributed by atoms with van der Waals surface area (Å²) < 4.78 is 2.07. The summed E-state index contributed by atoms with van der Waals surface area (Å²) in [4.78, 5) is 0. The van der Waals surface area contributed by atoms with Crippen LogP contribution in [0.5, 0.6) is 0 Å². The van der Waals surface area contributed by atoms with E-state index in [0.29, 0.717) is 0 Å². The van der Waals surface area contributed by atoms with E-state index in [1.807, 2.05) is 31.4 Å². The molecule has 0 saturated carbocycles. The molecule has 0 amide bonds. The fraction of sp³-hybridized carbons (Fsp3) is 0.133. The van der Waals surface area contributed by atoms with Gasteiger partial charge in [0.25, 0.3) is 0 Å². The van der Waals surface area contributed by atoms with Crippen LogP contribution in [0.15, 0.2) is 36.5 Å². The summed E-state index contributed by atoms with van der Waals surface area (Å²) in [5.74, 6) is 0. The quantitative estimate of drug-likeness (QED) is 0.593. The summed E-state index contributed by atoms with van der Waals surface area (Å²) in [5.41, 5.74) is 4.46. The Morgan fingerprint density at radius 2 is 2.00 bits per heavy atom. The van der Waals surface area contributed by atoms with Crippen molar-refractivity contribution in [2.24, 2.45) is 7.05 Å². The third-order valence-electron chi connectivity index (χ3n) is 2.71. The number of nitrogens with zero attached hydrogens (tertiary/aromatic N) is 1. The second-order valence-electron chi connectivity index (χ2n) is 3.81. The molecular formula is C15H14NY-. The van der Waals surface area contributed by atoms with Crippen molar-refractivity contribution in [1.82, 2.24) is 0 Å². The molecule has 0 spiro atoms. The first-order chi connectivity index (χ1) is 7.74. The Labute approximate surface area is 128 Å². The summed E-state index contributed by atoms with van der Waals surface area (Å²) >= 11 is 0. The maximum Gasteiger partial charge on any atom is 0.119 e. The van der Waals surface area contributed by atoms with Crippen LogP contribution in [0.2, 0.25) is 0 Å². The molecule has 1 radical (unpaired) electrons. The largest absolute Gasteiger partial charge is 0.344 e.